The molecule has 0 radical (unpaired) electrons. The Morgan fingerprint density at radius 1 is 0.512 bits per heavy atom. The van der Waals surface area contributed by atoms with Gasteiger partial charge in [-0.05, 0) is 76.9 Å². The molecule has 7 rings (SSSR count). The highest BCUT2D eigenvalue weighted by Crippen LogP contribution is 2.40. The monoisotopic (exact) mass is 522 g/mol. The Kier molecular flexibility index (Phi) is 5.86. The molecule has 0 fully saturated rings. The summed E-state index contributed by atoms with van der Waals surface area (Å²) in [5.74, 6) is 0. The van der Waals surface area contributed by atoms with Gasteiger partial charge >= 0.3 is 0 Å². The molecule has 0 saturated carbocycles. The van der Waals surface area contributed by atoms with Gasteiger partial charge in [0.2, 0.25) is 0 Å². The molecule has 5 aromatic carbocycles. The van der Waals surface area contributed by atoms with Gasteiger partial charge in [-0.2, -0.15) is 10.5 Å². The van der Waals surface area contributed by atoms with Crippen molar-refractivity contribution in [1.82, 2.24) is 9.55 Å². The van der Waals surface area contributed by atoms with Gasteiger partial charge in [-0.15, -0.1) is 0 Å². The van der Waals surface area contributed by atoms with Crippen molar-refractivity contribution in [2.75, 3.05) is 0 Å². The molecule has 2 aromatic heterocycles. The Bertz CT molecular complexity index is 2140. The summed E-state index contributed by atoms with van der Waals surface area (Å²) in [4.78, 5) is 4.18. The standard InChI is InChI=1S/C37H22N4/c38-23-25-10-12-26(13-11-25)29-14-15-36-34(20-29)31-8-4-5-9-35(31)41(36)37-22-32(28-16-18-40-19-17-28)30(24-39)21-33(37)27-6-2-1-3-7-27/h1-22H. The van der Waals surface area contributed by atoms with Crippen LogP contribution in [-0.4, -0.2) is 9.55 Å². The van der Waals surface area contributed by atoms with E-state index in [1.807, 2.05) is 60.7 Å². The second-order valence-corrected chi connectivity index (χ2v) is 9.90. The molecule has 7 aromatic rings. The third-order valence-electron chi connectivity index (χ3n) is 7.59. The normalized spacial score (nSPS) is 10.9. The van der Waals surface area contributed by atoms with Crippen molar-refractivity contribution in [3.8, 4) is 51.2 Å². The summed E-state index contributed by atoms with van der Waals surface area (Å²) in [5.41, 5.74) is 10.4. The highest BCUT2D eigenvalue weighted by Gasteiger charge is 2.19. The van der Waals surface area contributed by atoms with Crippen molar-refractivity contribution in [2.24, 2.45) is 0 Å². The second kappa shape index (κ2) is 9.97. The SMILES string of the molecule is N#Cc1ccc(-c2ccc3c(c2)c2ccccc2n3-c2cc(-c3ccncc3)c(C#N)cc2-c2ccccc2)cc1. The second-order valence-electron chi connectivity index (χ2n) is 9.90. The van der Waals surface area contributed by atoms with Gasteiger partial charge in [0, 0.05) is 34.3 Å². The van der Waals surface area contributed by atoms with Crippen LogP contribution in [0.2, 0.25) is 0 Å². The maximum absolute atomic E-state index is 10.2. The average molecular weight is 523 g/mol. The van der Waals surface area contributed by atoms with Crippen LogP contribution >= 0.6 is 0 Å². The predicted molar refractivity (Wildman–Crippen MR) is 164 cm³/mol. The lowest BCUT2D eigenvalue weighted by molar-refractivity contribution is 1.18. The molecular weight excluding hydrogens is 500 g/mol. The van der Waals surface area contributed by atoms with Crippen molar-refractivity contribution >= 4 is 21.8 Å². The Labute approximate surface area is 237 Å². The van der Waals surface area contributed by atoms with E-state index >= 15 is 0 Å². The predicted octanol–water partition coefficient (Wildman–Crippen LogP) is 8.92. The van der Waals surface area contributed by atoms with Gasteiger partial charge in [-0.25, -0.2) is 0 Å². The number of nitriles is 2. The molecule has 41 heavy (non-hydrogen) atoms. The van der Waals surface area contributed by atoms with Crippen molar-refractivity contribution in [1.29, 1.82) is 10.5 Å². The van der Waals surface area contributed by atoms with Crippen LogP contribution in [-0.2, 0) is 0 Å². The van der Waals surface area contributed by atoms with Crippen LogP contribution < -0.4 is 0 Å². The summed E-state index contributed by atoms with van der Waals surface area (Å²) in [6, 6.07) is 45.6. The fourth-order valence-electron chi connectivity index (χ4n) is 5.63. The van der Waals surface area contributed by atoms with E-state index in [-0.39, 0.29) is 0 Å². The van der Waals surface area contributed by atoms with Gasteiger partial charge < -0.3 is 4.57 Å². The molecule has 190 valence electrons. The Morgan fingerprint density at radius 2 is 1.20 bits per heavy atom. The molecule has 0 bridgehead atoms. The van der Waals surface area contributed by atoms with E-state index in [1.54, 1.807) is 12.4 Å². The average Bonchev–Trinajstić information content (AvgIpc) is 3.38. The minimum Gasteiger partial charge on any atom is -0.309 e. The molecule has 0 spiro atoms. The molecule has 0 aliphatic carbocycles. The van der Waals surface area contributed by atoms with E-state index in [1.165, 1.54) is 0 Å². The summed E-state index contributed by atoms with van der Waals surface area (Å²) in [5, 5.41) is 21.7. The van der Waals surface area contributed by atoms with Crippen LogP contribution in [0.25, 0.3) is 60.9 Å². The molecule has 0 saturated heterocycles. The Balaban J connectivity index is 1.55. The number of hydrogen-bond acceptors (Lipinski definition) is 3. The first-order valence-corrected chi connectivity index (χ1v) is 13.3. The minimum absolute atomic E-state index is 0.614. The highest BCUT2D eigenvalue weighted by molar-refractivity contribution is 6.11. The van der Waals surface area contributed by atoms with E-state index in [0.717, 1.165) is 60.9 Å². The van der Waals surface area contributed by atoms with Crippen molar-refractivity contribution in [3.05, 3.63) is 145 Å². The fourth-order valence-corrected chi connectivity index (χ4v) is 5.63. The van der Waals surface area contributed by atoms with E-state index in [0.29, 0.717) is 11.1 Å². The van der Waals surface area contributed by atoms with Crippen LogP contribution in [0, 0.1) is 22.7 Å². The van der Waals surface area contributed by atoms with Crippen molar-refractivity contribution < 1.29 is 0 Å². The van der Waals surface area contributed by atoms with Crippen molar-refractivity contribution in [2.45, 2.75) is 0 Å². The largest absolute Gasteiger partial charge is 0.309 e. The number of fused-ring (bicyclic) bond motifs is 3. The lowest BCUT2D eigenvalue weighted by Crippen LogP contribution is -2.00. The van der Waals surface area contributed by atoms with E-state index in [2.05, 4.69) is 82.4 Å². The maximum atomic E-state index is 10.2. The molecule has 4 heteroatoms. The zero-order valence-corrected chi connectivity index (χ0v) is 22.0. The number of hydrogen-bond donors (Lipinski definition) is 0. The van der Waals surface area contributed by atoms with E-state index in [9.17, 15) is 10.5 Å². The first-order valence-electron chi connectivity index (χ1n) is 13.3. The van der Waals surface area contributed by atoms with Gasteiger partial charge in [0.25, 0.3) is 0 Å². The quantitative estimate of drug-likeness (QED) is 0.232. The summed E-state index contributed by atoms with van der Waals surface area (Å²) >= 11 is 0. The van der Waals surface area contributed by atoms with Crippen LogP contribution in [0.1, 0.15) is 11.1 Å². The maximum Gasteiger partial charge on any atom is 0.0998 e. The van der Waals surface area contributed by atoms with Gasteiger partial charge in [0.15, 0.2) is 0 Å². The fraction of sp³-hybridized carbons (Fsp3) is 0. The minimum atomic E-state index is 0.614. The Morgan fingerprint density at radius 3 is 1.95 bits per heavy atom. The zero-order chi connectivity index (χ0) is 27.8. The number of rotatable bonds is 4. The van der Waals surface area contributed by atoms with Gasteiger partial charge in [0.05, 0.1) is 40.0 Å². The molecule has 0 amide bonds. The van der Waals surface area contributed by atoms with E-state index < -0.39 is 0 Å². The zero-order valence-electron chi connectivity index (χ0n) is 22.0. The van der Waals surface area contributed by atoms with Crippen molar-refractivity contribution in [3.63, 3.8) is 0 Å². The van der Waals surface area contributed by atoms with Gasteiger partial charge in [0.1, 0.15) is 0 Å². The lowest BCUT2D eigenvalue weighted by atomic mass is 9.94. The number of para-hydroxylation sites is 1. The van der Waals surface area contributed by atoms with E-state index in [4.69, 9.17) is 0 Å². The summed E-state index contributed by atoms with van der Waals surface area (Å²) in [7, 11) is 0. The third kappa shape index (κ3) is 4.12. The summed E-state index contributed by atoms with van der Waals surface area (Å²) in [6.07, 6.45) is 3.51. The number of nitrogens with zero attached hydrogens (tertiary/aromatic N) is 4. The molecule has 4 nitrogen and oxygen atoms in total. The molecule has 0 unspecified atom stereocenters. The Hall–Kier alpha value is -5.97. The lowest BCUT2D eigenvalue weighted by Gasteiger charge is -2.17. The van der Waals surface area contributed by atoms with Crippen LogP contribution in [0.3, 0.4) is 0 Å². The highest BCUT2D eigenvalue weighted by atomic mass is 15.0. The third-order valence-corrected chi connectivity index (χ3v) is 7.59. The summed E-state index contributed by atoms with van der Waals surface area (Å²) < 4.78 is 2.31. The first kappa shape index (κ1) is 24.1. The molecule has 2 heterocycles. The number of aromatic nitrogens is 2. The van der Waals surface area contributed by atoms with Crippen LogP contribution in [0.15, 0.2) is 134 Å². The first-order chi connectivity index (χ1) is 20.2. The van der Waals surface area contributed by atoms with Crippen LogP contribution in [0.4, 0.5) is 0 Å². The number of pyridine rings is 1. The molecule has 0 N–H and O–H groups in total. The summed E-state index contributed by atoms with van der Waals surface area (Å²) in [6.45, 7) is 0. The number of benzene rings is 5. The topological polar surface area (TPSA) is 65.4 Å². The molecule has 0 atom stereocenters. The van der Waals surface area contributed by atoms with Gasteiger partial charge in [-0.1, -0.05) is 66.7 Å². The van der Waals surface area contributed by atoms with Crippen LogP contribution in [0.5, 0.6) is 0 Å². The smallest absolute Gasteiger partial charge is 0.0998 e. The molecular formula is C37H22N4. The molecule has 0 aliphatic heterocycles. The van der Waals surface area contributed by atoms with Gasteiger partial charge in [-0.3, -0.25) is 4.98 Å². The molecule has 0 aliphatic rings.